The molecule has 0 fully saturated rings. The number of fused-ring (bicyclic) bond motifs is 1. The first-order chi connectivity index (χ1) is 5.75. The van der Waals surface area contributed by atoms with E-state index in [1.54, 1.807) is 0 Å². The van der Waals surface area contributed by atoms with E-state index < -0.39 is 0 Å². The first kappa shape index (κ1) is 7.55. The molecule has 1 N–H and O–H groups in total. The van der Waals surface area contributed by atoms with Gasteiger partial charge in [0.15, 0.2) is 0 Å². The van der Waals surface area contributed by atoms with Crippen molar-refractivity contribution in [1.29, 1.82) is 0 Å². The summed E-state index contributed by atoms with van der Waals surface area (Å²) < 4.78 is 5.39. The molecule has 0 atom stereocenters. The molecule has 0 aromatic heterocycles. The van der Waals surface area contributed by atoms with Gasteiger partial charge >= 0.3 is 0 Å². The second kappa shape index (κ2) is 2.75. The summed E-state index contributed by atoms with van der Waals surface area (Å²) in [6, 6.07) is 6.01. The second-order valence-electron chi connectivity index (χ2n) is 2.84. The van der Waals surface area contributed by atoms with Gasteiger partial charge < -0.3 is 10.1 Å². The van der Waals surface area contributed by atoms with Crippen LogP contribution in [0.4, 0.5) is 5.69 Å². The molecule has 1 heterocycles. The lowest BCUT2D eigenvalue weighted by atomic mass is 10.2. The zero-order chi connectivity index (χ0) is 8.55. The molecule has 0 aliphatic carbocycles. The van der Waals surface area contributed by atoms with E-state index in [-0.39, 0.29) is 0 Å². The maximum absolute atomic E-state index is 5.39. The summed E-state index contributed by atoms with van der Waals surface area (Å²) in [7, 11) is 0. The molecule has 1 aromatic carbocycles. The Kier molecular flexibility index (Phi) is 1.73. The lowest BCUT2D eigenvalue weighted by Gasteiger charge is -2.19. The molecular formula is C9H9NOS. The maximum atomic E-state index is 5.39. The molecule has 0 saturated heterocycles. The minimum absolute atomic E-state index is 0.491. The lowest BCUT2D eigenvalue weighted by molar-refractivity contribution is 0.375. The van der Waals surface area contributed by atoms with Crippen LogP contribution in [0.25, 0.3) is 0 Å². The van der Waals surface area contributed by atoms with Crippen LogP contribution in [-0.2, 0) is 0 Å². The van der Waals surface area contributed by atoms with Crippen molar-refractivity contribution in [3.8, 4) is 5.75 Å². The minimum Gasteiger partial charge on any atom is -0.484 e. The van der Waals surface area contributed by atoms with E-state index in [1.165, 1.54) is 5.56 Å². The Balaban J connectivity index is 2.44. The quantitative estimate of drug-likeness (QED) is 0.616. The number of hydrogen-bond donors (Lipinski definition) is 1. The Morgan fingerprint density at radius 2 is 2.33 bits per heavy atom. The van der Waals surface area contributed by atoms with Crippen LogP contribution in [0.3, 0.4) is 0 Å². The van der Waals surface area contributed by atoms with Gasteiger partial charge in [-0.15, -0.1) is 0 Å². The molecular weight excluding hydrogens is 170 g/mol. The standard InChI is InChI=1S/C9H9NOS/c1-6-2-3-8-7(4-6)10-9(12)5-11-8/h2-4H,5H2,1H3,(H,10,12). The van der Waals surface area contributed by atoms with Gasteiger partial charge in [0.25, 0.3) is 0 Å². The van der Waals surface area contributed by atoms with Crippen LogP contribution in [0.15, 0.2) is 18.2 Å². The van der Waals surface area contributed by atoms with Crippen LogP contribution in [0.2, 0.25) is 0 Å². The van der Waals surface area contributed by atoms with Gasteiger partial charge in [0.1, 0.15) is 17.3 Å². The molecule has 0 bridgehead atoms. The van der Waals surface area contributed by atoms with E-state index in [0.29, 0.717) is 6.61 Å². The monoisotopic (exact) mass is 179 g/mol. The molecule has 3 heteroatoms. The molecule has 2 rings (SSSR count). The lowest BCUT2D eigenvalue weighted by Crippen LogP contribution is -2.23. The fourth-order valence-corrected chi connectivity index (χ4v) is 1.37. The zero-order valence-corrected chi connectivity index (χ0v) is 7.57. The van der Waals surface area contributed by atoms with Crippen molar-refractivity contribution in [2.24, 2.45) is 0 Å². The van der Waals surface area contributed by atoms with Crippen LogP contribution >= 0.6 is 12.2 Å². The van der Waals surface area contributed by atoms with Crippen molar-refractivity contribution in [3.63, 3.8) is 0 Å². The number of benzene rings is 1. The molecule has 1 aliphatic rings. The SMILES string of the molecule is Cc1ccc2c(c1)NC(=S)CO2. The number of rotatable bonds is 0. The third kappa shape index (κ3) is 1.28. The predicted molar refractivity (Wildman–Crippen MR) is 52.9 cm³/mol. The highest BCUT2D eigenvalue weighted by molar-refractivity contribution is 7.80. The highest BCUT2D eigenvalue weighted by Crippen LogP contribution is 2.28. The van der Waals surface area contributed by atoms with Gasteiger partial charge in [-0.3, -0.25) is 0 Å². The van der Waals surface area contributed by atoms with Crippen molar-refractivity contribution in [3.05, 3.63) is 23.8 Å². The Morgan fingerprint density at radius 1 is 1.50 bits per heavy atom. The number of nitrogens with one attached hydrogen (secondary N) is 1. The van der Waals surface area contributed by atoms with Gasteiger partial charge in [0.2, 0.25) is 0 Å². The molecule has 12 heavy (non-hydrogen) atoms. The topological polar surface area (TPSA) is 21.3 Å². The summed E-state index contributed by atoms with van der Waals surface area (Å²) in [6.45, 7) is 2.53. The summed E-state index contributed by atoms with van der Waals surface area (Å²) in [4.78, 5) is 0.744. The van der Waals surface area contributed by atoms with Gasteiger partial charge in [-0.1, -0.05) is 18.3 Å². The van der Waals surface area contributed by atoms with Crippen molar-refractivity contribution < 1.29 is 4.74 Å². The smallest absolute Gasteiger partial charge is 0.143 e. The Bertz CT molecular complexity index is 335. The van der Waals surface area contributed by atoms with E-state index in [9.17, 15) is 0 Å². The van der Waals surface area contributed by atoms with Crippen LogP contribution in [0, 0.1) is 6.92 Å². The van der Waals surface area contributed by atoms with Crippen LogP contribution in [0.1, 0.15) is 5.56 Å². The molecule has 0 unspecified atom stereocenters. The Labute approximate surface area is 76.5 Å². The van der Waals surface area contributed by atoms with Crippen LogP contribution in [-0.4, -0.2) is 11.6 Å². The summed E-state index contributed by atoms with van der Waals surface area (Å²) >= 11 is 4.99. The number of hydrogen-bond acceptors (Lipinski definition) is 2. The van der Waals surface area contributed by atoms with Gasteiger partial charge in [0, 0.05) is 0 Å². The summed E-state index contributed by atoms with van der Waals surface area (Å²) in [5.41, 5.74) is 2.18. The first-order valence-corrected chi connectivity index (χ1v) is 4.20. The number of ether oxygens (including phenoxy) is 1. The molecule has 0 radical (unpaired) electrons. The van der Waals surface area contributed by atoms with Gasteiger partial charge in [0.05, 0.1) is 5.69 Å². The average Bonchev–Trinajstić information content (AvgIpc) is 2.03. The van der Waals surface area contributed by atoms with Crippen molar-refractivity contribution in [2.75, 3.05) is 11.9 Å². The van der Waals surface area contributed by atoms with E-state index >= 15 is 0 Å². The van der Waals surface area contributed by atoms with Crippen molar-refractivity contribution in [2.45, 2.75) is 6.92 Å². The van der Waals surface area contributed by atoms with Crippen LogP contribution < -0.4 is 10.1 Å². The normalized spacial score (nSPS) is 14.6. The zero-order valence-electron chi connectivity index (χ0n) is 6.76. The van der Waals surface area contributed by atoms with E-state index in [1.807, 2.05) is 25.1 Å². The number of anilines is 1. The van der Waals surface area contributed by atoms with Gasteiger partial charge in [-0.25, -0.2) is 0 Å². The first-order valence-electron chi connectivity index (χ1n) is 3.79. The molecule has 1 aliphatic heterocycles. The minimum atomic E-state index is 0.491. The Hall–Kier alpha value is -1.09. The largest absolute Gasteiger partial charge is 0.484 e. The summed E-state index contributed by atoms with van der Waals surface area (Å²) in [5.74, 6) is 0.884. The Morgan fingerprint density at radius 3 is 3.17 bits per heavy atom. The predicted octanol–water partition coefficient (Wildman–Crippen LogP) is 2.13. The highest BCUT2D eigenvalue weighted by atomic mass is 32.1. The fraction of sp³-hybridized carbons (Fsp3) is 0.222. The van der Waals surface area contributed by atoms with Crippen LogP contribution in [0.5, 0.6) is 5.75 Å². The van der Waals surface area contributed by atoms with Gasteiger partial charge in [-0.05, 0) is 24.6 Å². The fourth-order valence-electron chi connectivity index (χ4n) is 1.20. The molecule has 0 saturated carbocycles. The van der Waals surface area contributed by atoms with Crippen molar-refractivity contribution in [1.82, 2.24) is 0 Å². The van der Waals surface area contributed by atoms with Gasteiger partial charge in [-0.2, -0.15) is 0 Å². The van der Waals surface area contributed by atoms with E-state index in [2.05, 4.69) is 5.32 Å². The number of aryl methyl sites for hydroxylation is 1. The van der Waals surface area contributed by atoms with Crippen molar-refractivity contribution >= 4 is 22.9 Å². The molecule has 62 valence electrons. The number of thiocarbonyl (C=S) groups is 1. The molecule has 0 amide bonds. The molecule has 1 aromatic rings. The van der Waals surface area contributed by atoms with E-state index in [0.717, 1.165) is 16.4 Å². The average molecular weight is 179 g/mol. The van der Waals surface area contributed by atoms with E-state index in [4.69, 9.17) is 17.0 Å². The third-order valence-electron chi connectivity index (χ3n) is 1.77. The molecule has 2 nitrogen and oxygen atoms in total. The maximum Gasteiger partial charge on any atom is 0.143 e. The summed E-state index contributed by atoms with van der Waals surface area (Å²) in [5, 5.41) is 3.11. The third-order valence-corrected chi connectivity index (χ3v) is 1.99. The second-order valence-corrected chi connectivity index (χ2v) is 3.33. The highest BCUT2D eigenvalue weighted by Gasteiger charge is 2.11. The summed E-state index contributed by atoms with van der Waals surface area (Å²) in [6.07, 6.45) is 0. The molecule has 0 spiro atoms.